The van der Waals surface area contributed by atoms with E-state index in [9.17, 15) is 5.11 Å². The maximum atomic E-state index is 9.68. The summed E-state index contributed by atoms with van der Waals surface area (Å²) in [6.07, 6.45) is 0.146. The van der Waals surface area contributed by atoms with Gasteiger partial charge >= 0.3 is 0 Å². The standard InChI is InChI=1S/C8H16O2/c1-5(9)4-8(10)6(2)7(8)3/h5-7,9-10H,4H2,1-3H3. The minimum absolute atomic E-state index is 0.363. The molecule has 60 valence electrons. The second-order valence-electron chi connectivity index (χ2n) is 3.62. The van der Waals surface area contributed by atoms with E-state index in [2.05, 4.69) is 0 Å². The number of hydrogen-bond acceptors (Lipinski definition) is 2. The highest BCUT2D eigenvalue weighted by Gasteiger charge is 2.58. The Bertz CT molecular complexity index is 123. The van der Waals surface area contributed by atoms with E-state index < -0.39 is 5.60 Å². The van der Waals surface area contributed by atoms with Gasteiger partial charge in [0.05, 0.1) is 11.7 Å². The van der Waals surface area contributed by atoms with Crippen molar-refractivity contribution in [1.29, 1.82) is 0 Å². The number of aliphatic hydroxyl groups excluding tert-OH is 1. The average Bonchev–Trinajstić information content (AvgIpc) is 2.18. The summed E-state index contributed by atoms with van der Waals surface area (Å²) >= 11 is 0. The fourth-order valence-electron chi connectivity index (χ4n) is 1.69. The smallest absolute Gasteiger partial charge is 0.0730 e. The van der Waals surface area contributed by atoms with E-state index in [0.717, 1.165) is 0 Å². The molecule has 1 aliphatic carbocycles. The molecule has 0 aromatic carbocycles. The van der Waals surface area contributed by atoms with Gasteiger partial charge in [-0.1, -0.05) is 13.8 Å². The molecule has 0 spiro atoms. The lowest BCUT2D eigenvalue weighted by atomic mass is 10.1. The highest BCUT2D eigenvalue weighted by Crippen LogP contribution is 2.52. The molecule has 0 saturated heterocycles. The molecule has 0 aromatic rings. The minimum Gasteiger partial charge on any atom is -0.393 e. The van der Waals surface area contributed by atoms with Crippen LogP contribution in [0.5, 0.6) is 0 Å². The predicted octanol–water partition coefficient (Wildman–Crippen LogP) is 0.774. The van der Waals surface area contributed by atoms with Crippen LogP contribution < -0.4 is 0 Å². The van der Waals surface area contributed by atoms with Crippen LogP contribution in [0.25, 0.3) is 0 Å². The van der Waals surface area contributed by atoms with Crippen molar-refractivity contribution in [1.82, 2.24) is 0 Å². The van der Waals surface area contributed by atoms with Gasteiger partial charge in [0.25, 0.3) is 0 Å². The average molecular weight is 144 g/mol. The van der Waals surface area contributed by atoms with Crippen LogP contribution in [0.2, 0.25) is 0 Å². The van der Waals surface area contributed by atoms with E-state index in [1.807, 2.05) is 13.8 Å². The summed E-state index contributed by atoms with van der Waals surface area (Å²) in [7, 11) is 0. The number of rotatable bonds is 2. The Labute approximate surface area is 61.9 Å². The second kappa shape index (κ2) is 2.21. The molecule has 10 heavy (non-hydrogen) atoms. The van der Waals surface area contributed by atoms with Gasteiger partial charge in [0, 0.05) is 6.42 Å². The van der Waals surface area contributed by atoms with Crippen molar-refractivity contribution in [2.75, 3.05) is 0 Å². The molecule has 0 aromatic heterocycles. The molecule has 2 nitrogen and oxygen atoms in total. The van der Waals surface area contributed by atoms with Gasteiger partial charge in [-0.05, 0) is 18.8 Å². The van der Waals surface area contributed by atoms with Crippen LogP contribution in [0, 0.1) is 11.8 Å². The van der Waals surface area contributed by atoms with E-state index in [-0.39, 0.29) is 6.10 Å². The molecule has 0 heterocycles. The molecule has 1 saturated carbocycles. The largest absolute Gasteiger partial charge is 0.393 e. The van der Waals surface area contributed by atoms with Gasteiger partial charge in [0.1, 0.15) is 0 Å². The molecule has 1 rings (SSSR count). The molecule has 0 radical (unpaired) electrons. The van der Waals surface area contributed by atoms with Crippen molar-refractivity contribution >= 4 is 0 Å². The van der Waals surface area contributed by atoms with E-state index in [4.69, 9.17) is 5.11 Å². The van der Waals surface area contributed by atoms with Crippen molar-refractivity contribution in [3.05, 3.63) is 0 Å². The molecule has 2 heteroatoms. The maximum Gasteiger partial charge on any atom is 0.0730 e. The molecule has 1 fully saturated rings. The number of hydrogen-bond donors (Lipinski definition) is 2. The fourth-order valence-corrected chi connectivity index (χ4v) is 1.69. The Balaban J connectivity index is 2.42. The number of aliphatic hydroxyl groups is 2. The Kier molecular flexibility index (Phi) is 1.77. The van der Waals surface area contributed by atoms with Crippen LogP contribution in [0.15, 0.2) is 0 Å². The van der Waals surface area contributed by atoms with Gasteiger partial charge in [0.15, 0.2) is 0 Å². The summed E-state index contributed by atoms with van der Waals surface area (Å²) in [6, 6.07) is 0. The van der Waals surface area contributed by atoms with Gasteiger partial charge in [-0.2, -0.15) is 0 Å². The van der Waals surface area contributed by atoms with Gasteiger partial charge in [-0.15, -0.1) is 0 Å². The zero-order valence-corrected chi connectivity index (χ0v) is 6.83. The van der Waals surface area contributed by atoms with Crippen LogP contribution in [0.1, 0.15) is 27.2 Å². The lowest BCUT2D eigenvalue weighted by molar-refractivity contribution is 0.0552. The minimum atomic E-state index is -0.561. The lowest BCUT2D eigenvalue weighted by Gasteiger charge is -2.11. The van der Waals surface area contributed by atoms with Gasteiger partial charge in [-0.25, -0.2) is 0 Å². The third kappa shape index (κ3) is 1.06. The first-order valence-electron chi connectivity index (χ1n) is 3.89. The van der Waals surface area contributed by atoms with Crippen molar-refractivity contribution in [3.63, 3.8) is 0 Å². The summed E-state index contributed by atoms with van der Waals surface area (Å²) < 4.78 is 0. The Morgan fingerprint density at radius 1 is 1.40 bits per heavy atom. The molecular weight excluding hydrogens is 128 g/mol. The third-order valence-corrected chi connectivity index (χ3v) is 2.84. The Morgan fingerprint density at radius 2 is 1.80 bits per heavy atom. The first-order chi connectivity index (χ1) is 4.48. The highest BCUT2D eigenvalue weighted by atomic mass is 16.3. The van der Waals surface area contributed by atoms with E-state index in [1.165, 1.54) is 0 Å². The predicted molar refractivity (Wildman–Crippen MR) is 39.6 cm³/mol. The van der Waals surface area contributed by atoms with Crippen LogP contribution in [0.3, 0.4) is 0 Å². The first kappa shape index (κ1) is 8.02. The lowest BCUT2D eigenvalue weighted by Crippen LogP contribution is -2.19. The monoisotopic (exact) mass is 144 g/mol. The van der Waals surface area contributed by atoms with Crippen molar-refractivity contribution in [2.24, 2.45) is 11.8 Å². The topological polar surface area (TPSA) is 40.5 Å². The van der Waals surface area contributed by atoms with E-state index >= 15 is 0 Å². The van der Waals surface area contributed by atoms with E-state index in [1.54, 1.807) is 6.92 Å². The van der Waals surface area contributed by atoms with Gasteiger partial charge in [-0.3, -0.25) is 0 Å². The normalized spacial score (nSPS) is 48.9. The molecule has 2 N–H and O–H groups in total. The molecule has 0 bridgehead atoms. The molecule has 0 amide bonds. The fraction of sp³-hybridized carbons (Fsp3) is 1.00. The molecule has 3 atom stereocenters. The zero-order chi connectivity index (χ0) is 7.94. The van der Waals surface area contributed by atoms with Gasteiger partial charge in [0.2, 0.25) is 0 Å². The van der Waals surface area contributed by atoms with Crippen LogP contribution in [0.4, 0.5) is 0 Å². The first-order valence-corrected chi connectivity index (χ1v) is 3.89. The zero-order valence-electron chi connectivity index (χ0n) is 6.83. The van der Waals surface area contributed by atoms with Crippen molar-refractivity contribution < 1.29 is 10.2 Å². The SMILES string of the molecule is CC(O)CC1(O)C(C)C1C. The maximum absolute atomic E-state index is 9.68. The molecule has 1 aliphatic rings. The second-order valence-corrected chi connectivity index (χ2v) is 3.62. The van der Waals surface area contributed by atoms with Crippen molar-refractivity contribution in [3.8, 4) is 0 Å². The Hall–Kier alpha value is -0.0800. The molecular formula is C8H16O2. The third-order valence-electron chi connectivity index (χ3n) is 2.84. The quantitative estimate of drug-likeness (QED) is 0.601. The summed E-state index contributed by atoms with van der Waals surface area (Å²) in [5, 5.41) is 18.7. The van der Waals surface area contributed by atoms with Crippen molar-refractivity contribution in [2.45, 2.75) is 38.9 Å². The van der Waals surface area contributed by atoms with Crippen LogP contribution in [-0.4, -0.2) is 21.9 Å². The van der Waals surface area contributed by atoms with Crippen LogP contribution in [-0.2, 0) is 0 Å². The molecule has 3 unspecified atom stereocenters. The summed E-state index contributed by atoms with van der Waals surface area (Å²) in [4.78, 5) is 0. The highest BCUT2D eigenvalue weighted by molar-refractivity contribution is 5.07. The summed E-state index contributed by atoms with van der Waals surface area (Å²) in [5.74, 6) is 0.726. The summed E-state index contributed by atoms with van der Waals surface area (Å²) in [6.45, 7) is 5.76. The van der Waals surface area contributed by atoms with Gasteiger partial charge < -0.3 is 10.2 Å². The Morgan fingerprint density at radius 3 is 1.90 bits per heavy atom. The van der Waals surface area contributed by atoms with Crippen LogP contribution >= 0.6 is 0 Å². The molecule has 0 aliphatic heterocycles. The summed E-state index contributed by atoms with van der Waals surface area (Å²) in [5.41, 5.74) is -0.561. The van der Waals surface area contributed by atoms with E-state index in [0.29, 0.717) is 18.3 Å².